The Labute approximate surface area is 127 Å². The van der Waals surface area contributed by atoms with Gasteiger partial charge >= 0.3 is 0 Å². The van der Waals surface area contributed by atoms with Crippen molar-refractivity contribution in [3.8, 4) is 0 Å². The van der Waals surface area contributed by atoms with Crippen LogP contribution in [0.4, 0.5) is 0 Å². The van der Waals surface area contributed by atoms with Gasteiger partial charge in [0.05, 0.1) is 15.9 Å². The highest BCUT2D eigenvalue weighted by Gasteiger charge is 2.33. The number of carbonyl (C=O) groups is 1. The number of nitrogens with one attached hydrogen (secondary N) is 1. The molecule has 1 amide bonds. The number of imidazole rings is 1. The minimum absolute atomic E-state index is 0.159. The molecule has 7 heteroatoms. The van der Waals surface area contributed by atoms with Gasteiger partial charge in [-0.1, -0.05) is 0 Å². The number of nitrogens with zero attached hydrogens (tertiary/aromatic N) is 2. The number of hydrogen-bond acceptors (Lipinski definition) is 4. The topological polar surface area (TPSA) is 49.0 Å². The molecule has 1 saturated heterocycles. The molecule has 0 aromatic carbocycles. The molecule has 1 atom stereocenters. The lowest BCUT2D eigenvalue weighted by Crippen LogP contribution is -2.30. The minimum atomic E-state index is 0.159. The van der Waals surface area contributed by atoms with Gasteiger partial charge in [-0.3, -0.25) is 4.79 Å². The summed E-state index contributed by atoms with van der Waals surface area (Å²) in [4.78, 5) is 22.3. The van der Waals surface area contributed by atoms with Gasteiger partial charge in [-0.2, -0.15) is 0 Å². The number of thiophene rings is 1. The summed E-state index contributed by atoms with van der Waals surface area (Å²) < 4.78 is 1.11. The van der Waals surface area contributed by atoms with E-state index in [9.17, 15) is 4.79 Å². The molecule has 2 aromatic heterocycles. The van der Waals surface area contributed by atoms with Gasteiger partial charge in [0.2, 0.25) is 5.91 Å². The summed E-state index contributed by atoms with van der Waals surface area (Å²) in [6.45, 7) is 0.730. The predicted octanol–water partition coefficient (Wildman–Crippen LogP) is 3.05. The maximum absolute atomic E-state index is 12.0. The summed E-state index contributed by atoms with van der Waals surface area (Å²) >= 11 is 6.88. The smallest absolute Gasteiger partial charge is 0.233 e. The van der Waals surface area contributed by atoms with Crippen LogP contribution in [0.15, 0.2) is 28.4 Å². The molecule has 0 aliphatic carbocycles. The van der Waals surface area contributed by atoms with Gasteiger partial charge < -0.3 is 9.88 Å². The van der Waals surface area contributed by atoms with Crippen molar-refractivity contribution in [2.75, 3.05) is 12.3 Å². The Balaban J connectivity index is 1.71. The van der Waals surface area contributed by atoms with Crippen LogP contribution in [0.1, 0.15) is 15.9 Å². The number of thioether (sulfide) groups is 1. The van der Waals surface area contributed by atoms with E-state index in [-0.39, 0.29) is 11.3 Å². The van der Waals surface area contributed by atoms with Crippen molar-refractivity contribution in [3.63, 3.8) is 0 Å². The molecule has 0 saturated carbocycles. The Morgan fingerprint density at radius 1 is 1.53 bits per heavy atom. The molecule has 0 radical (unpaired) electrons. The lowest BCUT2D eigenvalue weighted by Gasteiger charge is -2.22. The van der Waals surface area contributed by atoms with Crippen molar-refractivity contribution in [1.29, 1.82) is 0 Å². The number of rotatable bonds is 4. The summed E-state index contributed by atoms with van der Waals surface area (Å²) in [6.07, 6.45) is 4.30. The van der Waals surface area contributed by atoms with Crippen LogP contribution in [0, 0.1) is 0 Å². The third-order valence-electron chi connectivity index (χ3n) is 2.98. The van der Waals surface area contributed by atoms with Gasteiger partial charge in [-0.25, -0.2) is 4.98 Å². The predicted molar refractivity (Wildman–Crippen MR) is 81.2 cm³/mol. The van der Waals surface area contributed by atoms with E-state index in [4.69, 9.17) is 0 Å². The van der Waals surface area contributed by atoms with Crippen LogP contribution in [-0.2, 0) is 11.2 Å². The van der Waals surface area contributed by atoms with Crippen LogP contribution in [0.3, 0.4) is 0 Å². The van der Waals surface area contributed by atoms with Crippen molar-refractivity contribution < 1.29 is 4.79 Å². The number of amides is 1. The highest BCUT2D eigenvalue weighted by molar-refractivity contribution is 9.11. The highest BCUT2D eigenvalue weighted by atomic mass is 79.9. The third-order valence-corrected chi connectivity index (χ3v) is 6.05. The zero-order valence-electron chi connectivity index (χ0n) is 10.0. The Hall–Kier alpha value is -0.790. The molecule has 0 spiro atoms. The highest BCUT2D eigenvalue weighted by Crippen LogP contribution is 2.42. The Bertz CT molecular complexity index is 569. The standard InChI is InChI=1S/C12H12BrN3OS2/c13-10-2-1-9(19-10)12-16(11(17)6-18-12)4-3-8-5-14-7-15-8/h1-2,5,7,12H,3-4,6H2,(H,14,15). The van der Waals surface area contributed by atoms with Crippen LogP contribution >= 0.6 is 39.0 Å². The van der Waals surface area contributed by atoms with Crippen molar-refractivity contribution >= 4 is 44.9 Å². The first-order valence-corrected chi connectivity index (χ1v) is 8.53. The van der Waals surface area contributed by atoms with E-state index in [0.29, 0.717) is 5.75 Å². The average Bonchev–Trinajstić information content (AvgIpc) is 3.08. The van der Waals surface area contributed by atoms with E-state index in [1.54, 1.807) is 29.4 Å². The molecular formula is C12H12BrN3OS2. The van der Waals surface area contributed by atoms with Crippen molar-refractivity contribution in [3.05, 3.63) is 39.0 Å². The van der Waals surface area contributed by atoms with Gasteiger partial charge in [0.15, 0.2) is 0 Å². The molecule has 1 aliphatic heterocycles. The second-order valence-corrected chi connectivity index (χ2v) is 7.78. The number of H-pyrrole nitrogens is 1. The zero-order chi connectivity index (χ0) is 13.2. The van der Waals surface area contributed by atoms with Gasteiger partial charge in [0.1, 0.15) is 5.37 Å². The van der Waals surface area contributed by atoms with Crippen LogP contribution in [-0.4, -0.2) is 33.1 Å². The number of hydrogen-bond donors (Lipinski definition) is 1. The van der Waals surface area contributed by atoms with Gasteiger partial charge in [0, 0.05) is 29.7 Å². The second kappa shape index (κ2) is 5.68. The minimum Gasteiger partial charge on any atom is -0.348 e. The monoisotopic (exact) mass is 357 g/mol. The summed E-state index contributed by atoms with van der Waals surface area (Å²) in [5.41, 5.74) is 1.07. The zero-order valence-corrected chi connectivity index (χ0v) is 13.2. The maximum atomic E-state index is 12.0. The molecular weight excluding hydrogens is 346 g/mol. The first kappa shape index (κ1) is 13.2. The first-order valence-electron chi connectivity index (χ1n) is 5.87. The Morgan fingerprint density at radius 2 is 2.42 bits per heavy atom. The lowest BCUT2D eigenvalue weighted by molar-refractivity contribution is -0.127. The fourth-order valence-electron chi connectivity index (χ4n) is 2.05. The Kier molecular flexibility index (Phi) is 3.95. The van der Waals surface area contributed by atoms with Gasteiger partial charge in [-0.05, 0) is 28.1 Å². The normalized spacial score (nSPS) is 19.3. The number of aromatic amines is 1. The molecule has 4 nitrogen and oxygen atoms in total. The molecule has 1 aliphatic rings. The van der Waals surface area contributed by atoms with Crippen LogP contribution < -0.4 is 0 Å². The van der Waals surface area contributed by atoms with Gasteiger partial charge in [0.25, 0.3) is 0 Å². The SMILES string of the molecule is O=C1CSC(c2ccc(Br)s2)N1CCc1cnc[nH]1. The van der Waals surface area contributed by atoms with Crippen molar-refractivity contribution in [2.45, 2.75) is 11.8 Å². The van der Waals surface area contributed by atoms with Crippen LogP contribution in [0.5, 0.6) is 0 Å². The van der Waals surface area contributed by atoms with E-state index >= 15 is 0 Å². The van der Waals surface area contributed by atoms with E-state index in [1.807, 2.05) is 17.2 Å². The van der Waals surface area contributed by atoms with E-state index in [2.05, 4.69) is 32.0 Å². The van der Waals surface area contributed by atoms with Crippen molar-refractivity contribution in [2.24, 2.45) is 0 Å². The second-order valence-electron chi connectivity index (χ2n) is 4.22. The van der Waals surface area contributed by atoms with Crippen molar-refractivity contribution in [1.82, 2.24) is 14.9 Å². The fourth-order valence-corrected chi connectivity index (χ4v) is 4.93. The summed E-state index contributed by atoms with van der Waals surface area (Å²) in [5, 5.41) is 0.159. The summed E-state index contributed by atoms with van der Waals surface area (Å²) in [5.74, 6) is 0.794. The molecule has 100 valence electrons. The number of aromatic nitrogens is 2. The van der Waals surface area contributed by atoms with E-state index in [0.717, 1.165) is 22.4 Å². The van der Waals surface area contributed by atoms with Crippen LogP contribution in [0.25, 0.3) is 0 Å². The van der Waals surface area contributed by atoms with Crippen LogP contribution in [0.2, 0.25) is 0 Å². The summed E-state index contributed by atoms with van der Waals surface area (Å²) in [7, 11) is 0. The third kappa shape index (κ3) is 2.88. The quantitative estimate of drug-likeness (QED) is 0.914. The first-order chi connectivity index (χ1) is 9.24. The molecule has 3 heterocycles. The average molecular weight is 358 g/mol. The number of halogens is 1. The molecule has 1 fully saturated rings. The largest absolute Gasteiger partial charge is 0.348 e. The molecule has 1 N–H and O–H groups in total. The maximum Gasteiger partial charge on any atom is 0.233 e. The summed E-state index contributed by atoms with van der Waals surface area (Å²) in [6, 6.07) is 4.13. The van der Waals surface area contributed by atoms with E-state index < -0.39 is 0 Å². The molecule has 19 heavy (non-hydrogen) atoms. The fraction of sp³-hybridized carbons (Fsp3) is 0.333. The van der Waals surface area contributed by atoms with Gasteiger partial charge in [-0.15, -0.1) is 23.1 Å². The Morgan fingerprint density at radius 3 is 3.11 bits per heavy atom. The molecule has 3 rings (SSSR count). The molecule has 1 unspecified atom stereocenters. The van der Waals surface area contributed by atoms with E-state index in [1.165, 1.54) is 4.88 Å². The number of carbonyl (C=O) groups excluding carboxylic acids is 1. The molecule has 2 aromatic rings. The lowest BCUT2D eigenvalue weighted by atomic mass is 10.3. The molecule has 0 bridgehead atoms.